The first kappa shape index (κ1) is 21.9. The van der Waals surface area contributed by atoms with Crippen molar-refractivity contribution < 1.29 is 13.2 Å². The molecule has 0 bridgehead atoms. The molecule has 0 spiro atoms. The summed E-state index contributed by atoms with van der Waals surface area (Å²) in [5.74, 6) is -2.85. The lowest BCUT2D eigenvalue weighted by Crippen LogP contribution is -2.31. The van der Waals surface area contributed by atoms with Crippen LogP contribution in [0.3, 0.4) is 0 Å². The monoisotopic (exact) mass is 402 g/mol. The van der Waals surface area contributed by atoms with Crippen LogP contribution >= 0.6 is 0 Å². The number of hydrogen-bond acceptors (Lipinski definition) is 0. The van der Waals surface area contributed by atoms with Gasteiger partial charge < -0.3 is 0 Å². The van der Waals surface area contributed by atoms with Crippen LogP contribution < -0.4 is 0 Å². The molecule has 0 N–H and O–H groups in total. The Morgan fingerprint density at radius 1 is 0.828 bits per heavy atom. The summed E-state index contributed by atoms with van der Waals surface area (Å²) in [5.41, 5.74) is 2.63. The van der Waals surface area contributed by atoms with Crippen molar-refractivity contribution in [3.63, 3.8) is 0 Å². The van der Waals surface area contributed by atoms with E-state index in [0.717, 1.165) is 24.5 Å². The van der Waals surface area contributed by atoms with Gasteiger partial charge in [-0.25, -0.2) is 13.2 Å². The van der Waals surface area contributed by atoms with Crippen LogP contribution in [-0.2, 0) is 5.41 Å². The molecule has 1 fully saturated rings. The number of unbranched alkanes of at least 4 members (excludes halogenated alkanes) is 2. The van der Waals surface area contributed by atoms with E-state index in [0.29, 0.717) is 11.1 Å². The molecule has 1 aliphatic carbocycles. The molecule has 2 aromatic rings. The van der Waals surface area contributed by atoms with E-state index in [2.05, 4.69) is 26.0 Å². The van der Waals surface area contributed by atoms with Crippen LogP contribution in [0.25, 0.3) is 11.1 Å². The van der Waals surface area contributed by atoms with Crippen molar-refractivity contribution in [2.75, 3.05) is 0 Å². The van der Waals surface area contributed by atoms with Crippen LogP contribution in [-0.4, -0.2) is 0 Å². The second kappa shape index (κ2) is 9.82. The van der Waals surface area contributed by atoms with Crippen molar-refractivity contribution in [3.05, 3.63) is 59.4 Å². The fraction of sp³-hybridized carbons (Fsp3) is 0.538. The molecule has 0 saturated heterocycles. The Kier molecular flexibility index (Phi) is 7.43. The van der Waals surface area contributed by atoms with E-state index in [-0.39, 0.29) is 5.41 Å². The van der Waals surface area contributed by atoms with Gasteiger partial charge in [-0.1, -0.05) is 70.2 Å². The third-order valence-electron chi connectivity index (χ3n) is 6.82. The van der Waals surface area contributed by atoms with Crippen LogP contribution in [0, 0.1) is 23.4 Å². The molecular formula is C26H33F3. The lowest BCUT2D eigenvalue weighted by Gasteiger charge is -2.41. The normalized spacial score (nSPS) is 22.0. The molecule has 29 heavy (non-hydrogen) atoms. The lowest BCUT2D eigenvalue weighted by molar-refractivity contribution is 0.206. The largest absolute Gasteiger partial charge is 0.204 e. The van der Waals surface area contributed by atoms with E-state index in [1.54, 1.807) is 0 Å². The van der Waals surface area contributed by atoms with Gasteiger partial charge in [0.15, 0.2) is 17.5 Å². The third-order valence-corrected chi connectivity index (χ3v) is 6.82. The number of halogens is 3. The highest BCUT2D eigenvalue weighted by molar-refractivity contribution is 5.64. The minimum absolute atomic E-state index is 0.216. The van der Waals surface area contributed by atoms with Crippen molar-refractivity contribution in [1.82, 2.24) is 0 Å². The van der Waals surface area contributed by atoms with E-state index in [1.807, 2.05) is 12.1 Å². The topological polar surface area (TPSA) is 0 Å². The Labute approximate surface area is 173 Å². The first-order valence-corrected chi connectivity index (χ1v) is 11.2. The number of benzene rings is 2. The highest BCUT2D eigenvalue weighted by Gasteiger charge is 2.35. The van der Waals surface area contributed by atoms with E-state index in [9.17, 15) is 13.2 Å². The van der Waals surface area contributed by atoms with Gasteiger partial charge in [0.2, 0.25) is 0 Å². The molecule has 0 aromatic heterocycles. The van der Waals surface area contributed by atoms with E-state index < -0.39 is 17.5 Å². The summed E-state index contributed by atoms with van der Waals surface area (Å²) in [6.45, 7) is 4.50. The smallest absolute Gasteiger partial charge is 0.194 e. The lowest BCUT2D eigenvalue weighted by atomic mass is 9.64. The van der Waals surface area contributed by atoms with Gasteiger partial charge >= 0.3 is 0 Å². The van der Waals surface area contributed by atoms with E-state index in [4.69, 9.17) is 0 Å². The van der Waals surface area contributed by atoms with Crippen molar-refractivity contribution in [3.8, 4) is 11.1 Å². The molecule has 3 heteroatoms. The van der Waals surface area contributed by atoms with Gasteiger partial charge in [-0.15, -0.1) is 0 Å². The summed E-state index contributed by atoms with van der Waals surface area (Å²) in [5, 5.41) is 0. The van der Waals surface area contributed by atoms with Crippen molar-refractivity contribution >= 4 is 0 Å². The molecule has 3 rings (SSSR count). The summed E-state index contributed by atoms with van der Waals surface area (Å²) in [7, 11) is 0. The second-order valence-corrected chi connectivity index (χ2v) is 8.80. The molecule has 2 aromatic carbocycles. The third kappa shape index (κ3) is 5.05. The van der Waals surface area contributed by atoms with Gasteiger partial charge in [0.1, 0.15) is 0 Å². The highest BCUT2D eigenvalue weighted by atomic mass is 19.2. The first-order valence-electron chi connectivity index (χ1n) is 11.2. The standard InChI is InChI=1S/C26H33F3/c1-3-5-6-7-19-12-15-26(14-4-2,16-13-19)22-10-8-20(9-11-22)21-17-23(27)25(29)24(28)18-21/h8-11,17-19H,3-7,12-16H2,1-2H3. The molecule has 0 aliphatic heterocycles. The fourth-order valence-corrected chi connectivity index (χ4v) is 5.10. The minimum atomic E-state index is -1.41. The molecule has 0 nitrogen and oxygen atoms in total. The van der Waals surface area contributed by atoms with Crippen LogP contribution in [0.2, 0.25) is 0 Å². The average molecular weight is 403 g/mol. The summed E-state index contributed by atoms with van der Waals surface area (Å²) < 4.78 is 40.4. The van der Waals surface area contributed by atoms with Gasteiger partial charge in [0.25, 0.3) is 0 Å². The molecule has 0 unspecified atom stereocenters. The first-order chi connectivity index (χ1) is 14.0. The zero-order valence-electron chi connectivity index (χ0n) is 17.7. The summed E-state index contributed by atoms with van der Waals surface area (Å²) in [4.78, 5) is 0. The molecule has 0 amide bonds. The molecule has 1 saturated carbocycles. The zero-order valence-corrected chi connectivity index (χ0v) is 17.7. The van der Waals surface area contributed by atoms with E-state index in [1.165, 1.54) is 63.4 Å². The van der Waals surface area contributed by atoms with Gasteiger partial charge in [-0.05, 0) is 72.3 Å². The highest BCUT2D eigenvalue weighted by Crippen LogP contribution is 2.46. The van der Waals surface area contributed by atoms with Gasteiger partial charge in [0, 0.05) is 0 Å². The Morgan fingerprint density at radius 3 is 2.00 bits per heavy atom. The van der Waals surface area contributed by atoms with Gasteiger partial charge in [-0.3, -0.25) is 0 Å². The Balaban J connectivity index is 1.76. The number of rotatable bonds is 8. The zero-order chi connectivity index (χ0) is 20.9. The van der Waals surface area contributed by atoms with E-state index >= 15 is 0 Å². The van der Waals surface area contributed by atoms with Crippen LogP contribution in [0.5, 0.6) is 0 Å². The van der Waals surface area contributed by atoms with Crippen LogP contribution in [0.1, 0.15) is 83.6 Å². The maximum atomic E-state index is 13.6. The predicted octanol–water partition coefficient (Wildman–Crippen LogP) is 8.58. The summed E-state index contributed by atoms with van der Waals surface area (Å²) >= 11 is 0. The molecule has 0 heterocycles. The average Bonchev–Trinajstić information content (AvgIpc) is 2.73. The fourth-order valence-electron chi connectivity index (χ4n) is 5.10. The van der Waals surface area contributed by atoms with Gasteiger partial charge in [0.05, 0.1) is 0 Å². The molecule has 158 valence electrons. The van der Waals surface area contributed by atoms with Crippen molar-refractivity contribution in [1.29, 1.82) is 0 Å². The molecular weight excluding hydrogens is 369 g/mol. The number of hydrogen-bond donors (Lipinski definition) is 0. The second-order valence-electron chi connectivity index (χ2n) is 8.80. The predicted molar refractivity (Wildman–Crippen MR) is 114 cm³/mol. The van der Waals surface area contributed by atoms with Gasteiger partial charge in [-0.2, -0.15) is 0 Å². The maximum absolute atomic E-state index is 13.6. The maximum Gasteiger partial charge on any atom is 0.194 e. The van der Waals surface area contributed by atoms with Crippen molar-refractivity contribution in [2.24, 2.45) is 5.92 Å². The molecule has 0 radical (unpaired) electrons. The summed E-state index contributed by atoms with van der Waals surface area (Å²) in [6.07, 6.45) is 12.7. The Bertz CT molecular complexity index is 763. The minimum Gasteiger partial charge on any atom is -0.204 e. The Hall–Kier alpha value is -1.77. The SMILES string of the molecule is CCCCCC1CCC(CCC)(c2ccc(-c3cc(F)c(F)c(F)c3)cc2)CC1. The van der Waals surface area contributed by atoms with Crippen LogP contribution in [0.4, 0.5) is 13.2 Å². The molecule has 0 atom stereocenters. The van der Waals surface area contributed by atoms with Crippen molar-refractivity contribution in [2.45, 2.75) is 83.5 Å². The quantitative estimate of drug-likeness (QED) is 0.306. The Morgan fingerprint density at radius 2 is 1.45 bits per heavy atom. The molecule has 1 aliphatic rings. The van der Waals surface area contributed by atoms with Crippen LogP contribution in [0.15, 0.2) is 36.4 Å². The summed E-state index contributed by atoms with van der Waals surface area (Å²) in [6, 6.07) is 10.2.